The number of fused-ring (bicyclic) bond motifs is 1. The number of aromatic nitrogens is 1. The molecule has 0 aliphatic carbocycles. The number of benzene rings is 2. The van der Waals surface area contributed by atoms with Gasteiger partial charge < -0.3 is 20.6 Å². The normalized spacial score (nSPS) is 13.3. The molecule has 0 spiro atoms. The number of anilines is 1. The van der Waals surface area contributed by atoms with E-state index >= 15 is 0 Å². The number of rotatable bonds is 9. The number of aliphatic hydroxyl groups is 1. The van der Waals surface area contributed by atoms with Gasteiger partial charge in [0.2, 0.25) is 10.0 Å². The van der Waals surface area contributed by atoms with Crippen LogP contribution in [0.25, 0.3) is 10.9 Å². The van der Waals surface area contributed by atoms with Gasteiger partial charge in [-0.15, -0.1) is 0 Å². The summed E-state index contributed by atoms with van der Waals surface area (Å²) in [6.07, 6.45) is 0.869. The van der Waals surface area contributed by atoms with Crippen LogP contribution >= 0.6 is 0 Å². The minimum atomic E-state index is -3.75. The molecule has 7 nitrogen and oxygen atoms in total. The number of ether oxygens (including phenoxy) is 1. The van der Waals surface area contributed by atoms with Crippen molar-refractivity contribution in [3.8, 4) is 5.75 Å². The summed E-state index contributed by atoms with van der Waals surface area (Å²) in [5.41, 5.74) is 7.15. The second-order valence-corrected chi connectivity index (χ2v) is 9.41. The lowest BCUT2D eigenvalue weighted by Gasteiger charge is -2.26. The lowest BCUT2D eigenvalue weighted by atomic mass is 10.2. The highest BCUT2D eigenvalue weighted by Gasteiger charge is 2.27. The molecule has 1 heterocycles. The van der Waals surface area contributed by atoms with Gasteiger partial charge in [0.25, 0.3) is 0 Å². The number of hydrogen-bond acceptors (Lipinski definition) is 5. The van der Waals surface area contributed by atoms with Crippen molar-refractivity contribution in [2.24, 2.45) is 5.92 Å². The minimum absolute atomic E-state index is 0.0121. The van der Waals surface area contributed by atoms with Crippen LogP contribution in [0.15, 0.2) is 59.6 Å². The number of aromatic amines is 1. The molecule has 3 rings (SSSR count). The van der Waals surface area contributed by atoms with Gasteiger partial charge in [-0.25, -0.2) is 8.42 Å². The van der Waals surface area contributed by atoms with Gasteiger partial charge in [-0.2, -0.15) is 4.31 Å². The maximum absolute atomic E-state index is 13.0. The Morgan fingerprint density at radius 2 is 1.83 bits per heavy atom. The summed E-state index contributed by atoms with van der Waals surface area (Å²) in [5.74, 6) is 0.718. The van der Waals surface area contributed by atoms with Gasteiger partial charge in [0, 0.05) is 35.9 Å². The molecule has 4 N–H and O–H groups in total. The summed E-state index contributed by atoms with van der Waals surface area (Å²) in [4.78, 5) is 3.26. The number of nitrogens with two attached hydrogens (primary N) is 1. The fourth-order valence-electron chi connectivity index (χ4n) is 3.07. The molecule has 0 fully saturated rings. The van der Waals surface area contributed by atoms with Gasteiger partial charge in [-0.1, -0.05) is 13.8 Å². The van der Waals surface area contributed by atoms with Crippen LogP contribution in [0.2, 0.25) is 0 Å². The highest BCUT2D eigenvalue weighted by Crippen LogP contribution is 2.21. The van der Waals surface area contributed by atoms with Crippen molar-refractivity contribution >= 4 is 26.6 Å². The Morgan fingerprint density at radius 1 is 1.10 bits per heavy atom. The Bertz CT molecular complexity index is 1050. The van der Waals surface area contributed by atoms with Gasteiger partial charge in [0.15, 0.2) is 0 Å². The van der Waals surface area contributed by atoms with Crippen molar-refractivity contribution in [1.29, 1.82) is 0 Å². The topological polar surface area (TPSA) is 109 Å². The van der Waals surface area contributed by atoms with Gasteiger partial charge in [0.1, 0.15) is 18.5 Å². The Morgan fingerprint density at radius 3 is 2.52 bits per heavy atom. The summed E-state index contributed by atoms with van der Waals surface area (Å²) in [6.45, 7) is 4.08. The molecule has 0 aliphatic heterocycles. The van der Waals surface area contributed by atoms with Crippen molar-refractivity contribution in [2.75, 3.05) is 25.4 Å². The predicted molar refractivity (Wildman–Crippen MR) is 114 cm³/mol. The van der Waals surface area contributed by atoms with Crippen molar-refractivity contribution in [3.63, 3.8) is 0 Å². The smallest absolute Gasteiger partial charge is 0.243 e. The first kappa shape index (κ1) is 21.2. The van der Waals surface area contributed by atoms with E-state index in [-0.39, 0.29) is 24.0 Å². The SMILES string of the molecule is CC(C)CN(C[C@@H](O)COc1ccc2[nH]ccc2c1)S(=O)(=O)c1ccc(N)cc1. The number of sulfonamides is 1. The lowest BCUT2D eigenvalue weighted by molar-refractivity contribution is 0.0873. The van der Waals surface area contributed by atoms with E-state index in [0.29, 0.717) is 18.0 Å². The van der Waals surface area contributed by atoms with E-state index in [4.69, 9.17) is 10.5 Å². The summed E-state index contributed by atoms with van der Waals surface area (Å²) in [7, 11) is -3.75. The van der Waals surface area contributed by atoms with Crippen LogP contribution < -0.4 is 10.5 Å². The first-order valence-electron chi connectivity index (χ1n) is 9.49. The van der Waals surface area contributed by atoms with Gasteiger partial charge in [0.05, 0.1) is 4.90 Å². The zero-order valence-corrected chi connectivity index (χ0v) is 17.4. The molecule has 1 aromatic heterocycles. The van der Waals surface area contributed by atoms with Crippen LogP contribution in [0.3, 0.4) is 0 Å². The number of H-pyrrole nitrogens is 1. The van der Waals surface area contributed by atoms with E-state index in [0.717, 1.165) is 10.9 Å². The van der Waals surface area contributed by atoms with E-state index < -0.39 is 16.1 Å². The quantitative estimate of drug-likeness (QED) is 0.464. The number of aliphatic hydroxyl groups excluding tert-OH is 1. The molecular formula is C21H27N3O4S. The van der Waals surface area contributed by atoms with Gasteiger partial charge >= 0.3 is 0 Å². The summed E-state index contributed by atoms with van der Waals surface area (Å²) in [6, 6.07) is 13.6. The van der Waals surface area contributed by atoms with Crippen molar-refractivity contribution in [3.05, 3.63) is 54.7 Å². The third-order valence-electron chi connectivity index (χ3n) is 4.47. The van der Waals surface area contributed by atoms with Crippen LogP contribution in [0.4, 0.5) is 5.69 Å². The number of nitrogen functional groups attached to an aromatic ring is 1. The summed E-state index contributed by atoms with van der Waals surface area (Å²) >= 11 is 0. The second kappa shape index (κ2) is 8.86. The molecule has 3 aromatic rings. The number of hydrogen-bond donors (Lipinski definition) is 3. The van der Waals surface area contributed by atoms with Crippen molar-refractivity contribution in [1.82, 2.24) is 9.29 Å². The average molecular weight is 418 g/mol. The summed E-state index contributed by atoms with van der Waals surface area (Å²) in [5, 5.41) is 11.5. The third-order valence-corrected chi connectivity index (χ3v) is 6.31. The molecule has 0 aliphatic rings. The van der Waals surface area contributed by atoms with Crippen LogP contribution in [0.5, 0.6) is 5.75 Å². The standard InChI is InChI=1S/C21H27N3O4S/c1-15(2)12-24(29(26,27)20-6-3-17(22)4-7-20)13-18(25)14-28-19-5-8-21-16(11-19)9-10-23-21/h3-11,15,18,23,25H,12-14,22H2,1-2H3/t18-/m1/s1. The second-order valence-electron chi connectivity index (χ2n) is 7.48. The number of nitrogens with zero attached hydrogens (tertiary/aromatic N) is 1. The first-order valence-corrected chi connectivity index (χ1v) is 10.9. The monoisotopic (exact) mass is 417 g/mol. The molecule has 156 valence electrons. The zero-order chi connectivity index (χ0) is 21.0. The Kier molecular flexibility index (Phi) is 6.46. The molecule has 0 amide bonds. The van der Waals surface area contributed by atoms with Gasteiger partial charge in [-0.3, -0.25) is 0 Å². The van der Waals surface area contributed by atoms with Crippen LogP contribution in [-0.2, 0) is 10.0 Å². The van der Waals surface area contributed by atoms with E-state index in [1.165, 1.54) is 16.4 Å². The predicted octanol–water partition coefficient (Wildman–Crippen LogP) is 2.84. The average Bonchev–Trinajstić information content (AvgIpc) is 3.13. The Balaban J connectivity index is 1.69. The highest BCUT2D eigenvalue weighted by molar-refractivity contribution is 7.89. The molecule has 0 radical (unpaired) electrons. The molecule has 0 saturated heterocycles. The lowest BCUT2D eigenvalue weighted by Crippen LogP contribution is -2.41. The van der Waals surface area contributed by atoms with Crippen LogP contribution in [0, 0.1) is 5.92 Å². The Hall–Kier alpha value is -2.55. The minimum Gasteiger partial charge on any atom is -0.491 e. The zero-order valence-electron chi connectivity index (χ0n) is 16.6. The van der Waals surface area contributed by atoms with E-state index in [1.807, 2.05) is 44.3 Å². The largest absolute Gasteiger partial charge is 0.491 e. The maximum Gasteiger partial charge on any atom is 0.243 e. The van der Waals surface area contributed by atoms with E-state index in [1.54, 1.807) is 12.1 Å². The Labute approximate surface area is 171 Å². The van der Waals surface area contributed by atoms with Crippen LogP contribution in [-0.4, -0.2) is 48.6 Å². The van der Waals surface area contributed by atoms with Gasteiger partial charge in [-0.05, 0) is 54.4 Å². The fourth-order valence-corrected chi connectivity index (χ4v) is 4.71. The molecule has 29 heavy (non-hydrogen) atoms. The molecule has 8 heteroatoms. The first-order chi connectivity index (χ1) is 13.8. The van der Waals surface area contributed by atoms with Crippen molar-refractivity contribution < 1.29 is 18.3 Å². The molecule has 0 saturated carbocycles. The van der Waals surface area contributed by atoms with Crippen molar-refractivity contribution in [2.45, 2.75) is 24.8 Å². The molecular weight excluding hydrogens is 390 g/mol. The third kappa shape index (κ3) is 5.29. The fraction of sp³-hybridized carbons (Fsp3) is 0.333. The molecule has 2 aromatic carbocycles. The molecule has 0 bridgehead atoms. The van der Waals surface area contributed by atoms with Crippen LogP contribution in [0.1, 0.15) is 13.8 Å². The highest BCUT2D eigenvalue weighted by atomic mass is 32.2. The number of nitrogens with one attached hydrogen (secondary N) is 1. The molecule has 0 unspecified atom stereocenters. The molecule has 1 atom stereocenters. The maximum atomic E-state index is 13.0. The summed E-state index contributed by atoms with van der Waals surface area (Å²) < 4.78 is 33.1. The van der Waals surface area contributed by atoms with E-state index in [2.05, 4.69) is 4.98 Å². The van der Waals surface area contributed by atoms with E-state index in [9.17, 15) is 13.5 Å².